The van der Waals surface area contributed by atoms with Crippen LogP contribution in [0.3, 0.4) is 0 Å². The van der Waals surface area contributed by atoms with Crippen LogP contribution in [0.15, 0.2) is 0 Å². The van der Waals surface area contributed by atoms with Crippen molar-refractivity contribution in [3.63, 3.8) is 0 Å². The van der Waals surface area contributed by atoms with Crippen molar-refractivity contribution in [3.8, 4) is 0 Å². The number of hydrogen-bond acceptors (Lipinski definition) is 4. The summed E-state index contributed by atoms with van der Waals surface area (Å²) in [6.45, 7) is 1.96. The van der Waals surface area contributed by atoms with Gasteiger partial charge in [0.1, 0.15) is 5.54 Å². The molecule has 0 aliphatic carbocycles. The number of carbonyl (C=O) groups excluding carboxylic acids is 2. The molecular formula is C7H11NO4. The number of cyclic esters (lactones) is 1. The van der Waals surface area contributed by atoms with Crippen LogP contribution in [0.4, 0.5) is 4.79 Å². The third kappa shape index (κ3) is 1.49. The summed E-state index contributed by atoms with van der Waals surface area (Å²) in [5.74, 6) is -0.409. The molecule has 0 aromatic rings. The van der Waals surface area contributed by atoms with Gasteiger partial charge in [0.15, 0.2) is 0 Å². The summed E-state index contributed by atoms with van der Waals surface area (Å²) in [5, 5.41) is 2.42. The maximum absolute atomic E-state index is 11.1. The second-order valence-corrected chi connectivity index (χ2v) is 2.83. The standard InChI is InChI=1S/C7H11NO4/c1-7(8-6(10)11-2)3-4-12-5(7)9/h3-4H2,1-2H3,(H,8,10). The molecule has 5 heteroatoms. The predicted octanol–water partition coefficient (Wildman–Crippen LogP) is 0.0480. The Labute approximate surface area is 70.0 Å². The lowest BCUT2D eigenvalue weighted by Crippen LogP contribution is -2.49. The molecule has 5 nitrogen and oxygen atoms in total. The molecule has 0 aromatic carbocycles. The van der Waals surface area contributed by atoms with Crippen LogP contribution in [-0.4, -0.2) is 31.3 Å². The van der Waals surface area contributed by atoms with Gasteiger partial charge in [0.2, 0.25) is 0 Å². The van der Waals surface area contributed by atoms with E-state index in [1.54, 1.807) is 6.92 Å². The minimum Gasteiger partial charge on any atom is -0.464 e. The van der Waals surface area contributed by atoms with Gasteiger partial charge in [-0.2, -0.15) is 0 Å². The summed E-state index contributed by atoms with van der Waals surface area (Å²) in [5.41, 5.74) is -0.910. The van der Waals surface area contributed by atoms with E-state index in [2.05, 4.69) is 10.1 Å². The summed E-state index contributed by atoms with van der Waals surface area (Å²) >= 11 is 0. The molecule has 1 aliphatic heterocycles. The molecule has 1 amide bonds. The molecule has 1 N–H and O–H groups in total. The molecule has 0 aromatic heterocycles. The molecule has 0 radical (unpaired) electrons. The fourth-order valence-electron chi connectivity index (χ4n) is 0.999. The van der Waals surface area contributed by atoms with Gasteiger partial charge in [0.05, 0.1) is 13.7 Å². The van der Waals surface area contributed by atoms with Crippen LogP contribution in [0.1, 0.15) is 13.3 Å². The van der Waals surface area contributed by atoms with E-state index < -0.39 is 17.6 Å². The zero-order valence-electron chi connectivity index (χ0n) is 7.05. The summed E-state index contributed by atoms with van der Waals surface area (Å²) < 4.78 is 9.07. The lowest BCUT2D eigenvalue weighted by molar-refractivity contribution is -0.142. The van der Waals surface area contributed by atoms with Crippen LogP contribution in [0, 0.1) is 0 Å². The highest BCUT2D eigenvalue weighted by Crippen LogP contribution is 2.19. The van der Waals surface area contributed by atoms with Crippen molar-refractivity contribution < 1.29 is 19.1 Å². The van der Waals surface area contributed by atoms with E-state index >= 15 is 0 Å². The fraction of sp³-hybridized carbons (Fsp3) is 0.714. The van der Waals surface area contributed by atoms with E-state index in [-0.39, 0.29) is 0 Å². The van der Waals surface area contributed by atoms with Crippen LogP contribution in [0.2, 0.25) is 0 Å². The molecule has 0 saturated carbocycles. The monoisotopic (exact) mass is 173 g/mol. The molecule has 1 aliphatic rings. The molecule has 68 valence electrons. The number of carbonyl (C=O) groups is 2. The van der Waals surface area contributed by atoms with Crippen molar-refractivity contribution in [2.75, 3.05) is 13.7 Å². The Morgan fingerprint density at radius 3 is 2.83 bits per heavy atom. The van der Waals surface area contributed by atoms with Gasteiger partial charge in [-0.1, -0.05) is 0 Å². The normalized spacial score (nSPS) is 28.0. The molecule has 1 rings (SSSR count). The number of rotatable bonds is 1. The zero-order chi connectivity index (χ0) is 9.19. The van der Waals surface area contributed by atoms with Gasteiger partial charge in [0.25, 0.3) is 0 Å². The lowest BCUT2D eigenvalue weighted by Gasteiger charge is -2.19. The first-order chi connectivity index (χ1) is 5.58. The highest BCUT2D eigenvalue weighted by atomic mass is 16.6. The Kier molecular flexibility index (Phi) is 2.21. The van der Waals surface area contributed by atoms with Crippen molar-refractivity contribution in [1.29, 1.82) is 0 Å². The predicted molar refractivity (Wildman–Crippen MR) is 39.5 cm³/mol. The Balaban J connectivity index is 2.59. The maximum Gasteiger partial charge on any atom is 0.407 e. The lowest BCUT2D eigenvalue weighted by atomic mass is 10.0. The van der Waals surface area contributed by atoms with E-state index in [0.717, 1.165) is 0 Å². The van der Waals surface area contributed by atoms with Gasteiger partial charge < -0.3 is 14.8 Å². The summed E-state index contributed by atoms with van der Waals surface area (Å²) in [4.78, 5) is 21.8. The van der Waals surface area contributed by atoms with E-state index in [0.29, 0.717) is 13.0 Å². The molecule has 1 heterocycles. The second-order valence-electron chi connectivity index (χ2n) is 2.83. The van der Waals surface area contributed by atoms with Crippen LogP contribution < -0.4 is 5.32 Å². The smallest absolute Gasteiger partial charge is 0.407 e. The number of methoxy groups -OCH3 is 1. The van der Waals surface area contributed by atoms with Crippen molar-refractivity contribution in [3.05, 3.63) is 0 Å². The minimum absolute atomic E-state index is 0.347. The number of ether oxygens (including phenoxy) is 2. The highest BCUT2D eigenvalue weighted by molar-refractivity contribution is 5.86. The highest BCUT2D eigenvalue weighted by Gasteiger charge is 2.41. The third-order valence-corrected chi connectivity index (χ3v) is 1.85. The van der Waals surface area contributed by atoms with Crippen LogP contribution in [0.25, 0.3) is 0 Å². The first-order valence-corrected chi connectivity index (χ1v) is 3.62. The topological polar surface area (TPSA) is 64.6 Å². The molecule has 1 saturated heterocycles. The van der Waals surface area contributed by atoms with Crippen LogP contribution in [0.5, 0.6) is 0 Å². The van der Waals surface area contributed by atoms with Crippen molar-refractivity contribution in [2.24, 2.45) is 0 Å². The molecule has 0 bridgehead atoms. The number of alkyl carbamates (subject to hydrolysis) is 1. The largest absolute Gasteiger partial charge is 0.464 e. The van der Waals surface area contributed by atoms with Gasteiger partial charge in [-0.05, 0) is 6.92 Å². The van der Waals surface area contributed by atoms with Gasteiger partial charge >= 0.3 is 12.1 Å². The third-order valence-electron chi connectivity index (χ3n) is 1.85. The zero-order valence-corrected chi connectivity index (χ0v) is 7.05. The average Bonchev–Trinajstić information content (AvgIpc) is 2.32. The van der Waals surface area contributed by atoms with Crippen molar-refractivity contribution in [2.45, 2.75) is 18.9 Å². The molecule has 12 heavy (non-hydrogen) atoms. The second kappa shape index (κ2) is 3.00. The van der Waals surface area contributed by atoms with Crippen LogP contribution in [-0.2, 0) is 14.3 Å². The molecular weight excluding hydrogens is 162 g/mol. The van der Waals surface area contributed by atoms with Crippen molar-refractivity contribution >= 4 is 12.1 Å². The van der Waals surface area contributed by atoms with Crippen LogP contribution >= 0.6 is 0 Å². The SMILES string of the molecule is COC(=O)NC1(C)CCOC1=O. The van der Waals surface area contributed by atoms with Gasteiger partial charge in [0, 0.05) is 6.42 Å². The Morgan fingerprint density at radius 2 is 2.42 bits per heavy atom. The average molecular weight is 173 g/mol. The Bertz CT molecular complexity index is 215. The summed E-state index contributed by atoms with van der Waals surface area (Å²) in [7, 11) is 1.25. The first-order valence-electron chi connectivity index (χ1n) is 3.62. The minimum atomic E-state index is -0.910. The van der Waals surface area contributed by atoms with E-state index in [1.807, 2.05) is 0 Å². The Hall–Kier alpha value is -1.26. The number of esters is 1. The molecule has 0 spiro atoms. The van der Waals surface area contributed by atoms with Gasteiger partial charge in [-0.15, -0.1) is 0 Å². The van der Waals surface area contributed by atoms with Crippen molar-refractivity contribution in [1.82, 2.24) is 5.32 Å². The number of nitrogens with one attached hydrogen (secondary N) is 1. The Morgan fingerprint density at radius 1 is 1.75 bits per heavy atom. The number of hydrogen-bond donors (Lipinski definition) is 1. The maximum atomic E-state index is 11.1. The molecule has 1 atom stereocenters. The van der Waals surface area contributed by atoms with Gasteiger partial charge in [-0.3, -0.25) is 0 Å². The molecule has 1 unspecified atom stereocenters. The van der Waals surface area contributed by atoms with E-state index in [1.165, 1.54) is 7.11 Å². The summed E-state index contributed by atoms with van der Waals surface area (Å²) in [6, 6.07) is 0. The van der Waals surface area contributed by atoms with Gasteiger partial charge in [-0.25, -0.2) is 9.59 Å². The van der Waals surface area contributed by atoms with E-state index in [4.69, 9.17) is 4.74 Å². The fourth-order valence-corrected chi connectivity index (χ4v) is 0.999. The molecule has 1 fully saturated rings. The van der Waals surface area contributed by atoms with E-state index in [9.17, 15) is 9.59 Å². The first kappa shape index (κ1) is 8.83. The summed E-state index contributed by atoms with van der Waals surface area (Å²) in [6.07, 6.45) is -0.127. The quantitative estimate of drug-likeness (QED) is 0.569. The number of amides is 1.